The molecule has 0 radical (unpaired) electrons. The van der Waals surface area contributed by atoms with E-state index in [1.54, 1.807) is 0 Å². The molecule has 1 saturated heterocycles. The van der Waals surface area contributed by atoms with Crippen LogP contribution < -0.4 is 14.8 Å². The van der Waals surface area contributed by atoms with E-state index in [0.29, 0.717) is 5.56 Å². The molecule has 2 aromatic rings. The van der Waals surface area contributed by atoms with Crippen LogP contribution in [0.5, 0.6) is 5.75 Å². The van der Waals surface area contributed by atoms with Crippen molar-refractivity contribution in [3.8, 4) is 5.75 Å². The number of sulfonamides is 1. The third-order valence-electron chi connectivity index (χ3n) is 4.02. The molecule has 0 bridgehead atoms. The lowest BCUT2D eigenvalue weighted by Gasteiger charge is -2.43. The highest BCUT2D eigenvalue weighted by Crippen LogP contribution is 2.31. The molecule has 5 nitrogen and oxygen atoms in total. The van der Waals surface area contributed by atoms with Gasteiger partial charge in [0.25, 0.3) is 0 Å². The van der Waals surface area contributed by atoms with Crippen LogP contribution in [0, 0.1) is 5.82 Å². The Hall–Kier alpha value is -1.88. The monoisotopic (exact) mass is 424 g/mol. The first-order chi connectivity index (χ1) is 12.5. The Bertz CT molecular complexity index is 945. The Morgan fingerprint density at radius 3 is 2.22 bits per heavy atom. The first kappa shape index (κ1) is 19.9. The van der Waals surface area contributed by atoms with Gasteiger partial charge in [0.2, 0.25) is 10.0 Å². The van der Waals surface area contributed by atoms with E-state index in [4.69, 9.17) is 11.6 Å². The summed E-state index contributed by atoms with van der Waals surface area (Å²) in [5.41, 5.74) is -0.713. The van der Waals surface area contributed by atoms with Crippen molar-refractivity contribution in [2.45, 2.75) is 16.8 Å². The second-order valence-electron chi connectivity index (χ2n) is 5.94. The molecular weight excluding hydrogens is 412 g/mol. The highest BCUT2D eigenvalue weighted by molar-refractivity contribution is 7.89. The zero-order chi connectivity index (χ0) is 19.9. The Morgan fingerprint density at radius 2 is 1.74 bits per heavy atom. The molecule has 2 N–H and O–H groups in total. The highest BCUT2D eigenvalue weighted by Gasteiger charge is 2.43. The van der Waals surface area contributed by atoms with Crippen molar-refractivity contribution in [3.63, 3.8) is 0 Å². The van der Waals surface area contributed by atoms with Gasteiger partial charge in [0, 0.05) is 13.1 Å². The van der Waals surface area contributed by atoms with E-state index < -0.39 is 33.5 Å². The van der Waals surface area contributed by atoms with Crippen LogP contribution in [0.15, 0.2) is 47.4 Å². The maximum atomic E-state index is 13.8. The minimum Gasteiger partial charge on any atom is -0.406 e. The summed E-state index contributed by atoms with van der Waals surface area (Å²) in [6, 6.07) is 7.76. The highest BCUT2D eigenvalue weighted by atomic mass is 35.5. The molecule has 0 aliphatic carbocycles. The van der Waals surface area contributed by atoms with Crippen molar-refractivity contribution in [1.82, 2.24) is 10.0 Å². The number of benzene rings is 2. The number of hydrogen-bond acceptors (Lipinski definition) is 4. The van der Waals surface area contributed by atoms with Gasteiger partial charge in [-0.05, 0) is 42.0 Å². The van der Waals surface area contributed by atoms with Gasteiger partial charge >= 0.3 is 6.36 Å². The second-order valence-corrected chi connectivity index (χ2v) is 8.03. The van der Waals surface area contributed by atoms with Gasteiger partial charge in [-0.2, -0.15) is 4.72 Å². The van der Waals surface area contributed by atoms with E-state index >= 15 is 0 Å². The molecule has 146 valence electrons. The van der Waals surface area contributed by atoms with Crippen molar-refractivity contribution in [2.24, 2.45) is 0 Å². The van der Waals surface area contributed by atoms with Crippen molar-refractivity contribution in [3.05, 3.63) is 58.9 Å². The van der Waals surface area contributed by atoms with E-state index in [0.717, 1.165) is 30.3 Å². The largest absolute Gasteiger partial charge is 0.573 e. The van der Waals surface area contributed by atoms with Crippen molar-refractivity contribution in [2.75, 3.05) is 13.1 Å². The number of halogens is 5. The summed E-state index contributed by atoms with van der Waals surface area (Å²) in [5.74, 6) is -1.23. The van der Waals surface area contributed by atoms with Crippen LogP contribution in [0.1, 0.15) is 5.56 Å². The third kappa shape index (κ3) is 4.34. The number of rotatable bonds is 5. The minimum atomic E-state index is -4.88. The van der Waals surface area contributed by atoms with E-state index in [9.17, 15) is 26.0 Å². The minimum absolute atomic E-state index is 0.0932. The zero-order valence-electron chi connectivity index (χ0n) is 13.5. The molecule has 27 heavy (non-hydrogen) atoms. The van der Waals surface area contributed by atoms with Crippen molar-refractivity contribution >= 4 is 21.6 Å². The number of alkyl halides is 3. The topological polar surface area (TPSA) is 67.4 Å². The van der Waals surface area contributed by atoms with Crippen LogP contribution in [0.4, 0.5) is 17.6 Å². The van der Waals surface area contributed by atoms with Crippen LogP contribution in [0.2, 0.25) is 5.02 Å². The smallest absolute Gasteiger partial charge is 0.406 e. The molecule has 0 spiro atoms. The standard InChI is InChI=1S/C16H13ClF4N2O3S/c17-13-6-1-10(7-14(13)18)15(8-22-9-15)23-27(24,25)12-4-2-11(3-5-12)26-16(19,20)21/h1-7,22-23H,8-9H2. The van der Waals surface area contributed by atoms with Crippen molar-refractivity contribution < 1.29 is 30.7 Å². The predicted octanol–water partition coefficient (Wildman–Crippen LogP) is 3.15. The zero-order valence-corrected chi connectivity index (χ0v) is 15.1. The van der Waals surface area contributed by atoms with Crippen LogP contribution in [-0.2, 0) is 15.6 Å². The van der Waals surface area contributed by atoms with Crippen LogP contribution in [-0.4, -0.2) is 27.9 Å². The molecule has 0 amide bonds. The fourth-order valence-electron chi connectivity index (χ4n) is 2.64. The Labute approximate surface area is 157 Å². The maximum absolute atomic E-state index is 13.8. The fourth-order valence-corrected chi connectivity index (χ4v) is 4.15. The first-order valence-electron chi connectivity index (χ1n) is 7.57. The average molecular weight is 425 g/mol. The summed E-state index contributed by atoms with van der Waals surface area (Å²) in [4.78, 5) is -0.252. The lowest BCUT2D eigenvalue weighted by molar-refractivity contribution is -0.274. The van der Waals surface area contributed by atoms with E-state index in [2.05, 4.69) is 14.8 Å². The van der Waals surface area contributed by atoms with Gasteiger partial charge in [-0.1, -0.05) is 17.7 Å². The third-order valence-corrected chi connectivity index (χ3v) is 5.88. The lowest BCUT2D eigenvalue weighted by Crippen LogP contribution is -2.66. The van der Waals surface area contributed by atoms with Gasteiger partial charge in [0.1, 0.15) is 11.6 Å². The maximum Gasteiger partial charge on any atom is 0.573 e. The molecule has 0 atom stereocenters. The summed E-state index contributed by atoms with van der Waals surface area (Å²) in [6.45, 7) is 0.422. The summed E-state index contributed by atoms with van der Waals surface area (Å²) < 4.78 is 81.9. The number of hydrogen-bond donors (Lipinski definition) is 2. The quantitative estimate of drug-likeness (QED) is 0.724. The molecule has 1 aliphatic heterocycles. The molecular formula is C16H13ClF4N2O3S. The molecule has 11 heteroatoms. The second kappa shape index (κ2) is 6.93. The lowest BCUT2D eigenvalue weighted by atomic mass is 9.85. The van der Waals surface area contributed by atoms with Gasteiger partial charge in [0.05, 0.1) is 15.5 Å². The Kier molecular flexibility index (Phi) is 5.10. The molecule has 0 saturated carbocycles. The summed E-state index contributed by atoms with van der Waals surface area (Å²) >= 11 is 5.66. The first-order valence-corrected chi connectivity index (χ1v) is 9.43. The number of ether oxygens (including phenoxy) is 1. The summed E-state index contributed by atoms with van der Waals surface area (Å²) in [6.07, 6.45) is -4.88. The van der Waals surface area contributed by atoms with Gasteiger partial charge in [-0.25, -0.2) is 12.8 Å². The van der Waals surface area contributed by atoms with E-state index in [1.165, 1.54) is 12.1 Å². The van der Waals surface area contributed by atoms with Gasteiger partial charge < -0.3 is 10.1 Å². The normalized spacial score (nSPS) is 16.6. The summed E-state index contributed by atoms with van der Waals surface area (Å²) in [5, 5.41) is 2.82. The van der Waals surface area contributed by atoms with Crippen LogP contribution in [0.3, 0.4) is 0 Å². The fraction of sp³-hybridized carbons (Fsp3) is 0.250. The van der Waals surface area contributed by atoms with Crippen molar-refractivity contribution in [1.29, 1.82) is 0 Å². The molecule has 1 heterocycles. The molecule has 1 fully saturated rings. The molecule has 3 rings (SSSR count). The average Bonchev–Trinajstić information content (AvgIpc) is 2.53. The Morgan fingerprint density at radius 1 is 1.11 bits per heavy atom. The molecule has 2 aromatic carbocycles. The van der Waals surface area contributed by atoms with E-state index in [-0.39, 0.29) is 23.0 Å². The summed E-state index contributed by atoms with van der Waals surface area (Å²) in [7, 11) is -4.09. The van der Waals surface area contributed by atoms with E-state index in [1.807, 2.05) is 0 Å². The predicted molar refractivity (Wildman–Crippen MR) is 89.4 cm³/mol. The van der Waals surface area contributed by atoms with Crippen LogP contribution >= 0.6 is 11.6 Å². The van der Waals surface area contributed by atoms with Gasteiger partial charge in [0.15, 0.2) is 0 Å². The molecule has 0 unspecified atom stereocenters. The van der Waals surface area contributed by atoms with Gasteiger partial charge in [-0.3, -0.25) is 0 Å². The molecule has 0 aromatic heterocycles. The van der Waals surface area contributed by atoms with Gasteiger partial charge in [-0.15, -0.1) is 13.2 Å². The SMILES string of the molecule is O=S(=O)(NC1(c2ccc(Cl)c(F)c2)CNC1)c1ccc(OC(F)(F)F)cc1. The van der Waals surface area contributed by atoms with Crippen LogP contribution in [0.25, 0.3) is 0 Å². The number of nitrogens with one attached hydrogen (secondary N) is 2. The Balaban J connectivity index is 1.85. The molecule has 1 aliphatic rings.